The summed E-state index contributed by atoms with van der Waals surface area (Å²) in [6.07, 6.45) is 8.56. The number of fused-ring (bicyclic) bond motifs is 1. The van der Waals surface area contributed by atoms with Crippen molar-refractivity contribution in [2.45, 2.75) is 50.6 Å². The minimum absolute atomic E-state index is 0.0441. The summed E-state index contributed by atoms with van der Waals surface area (Å²) < 4.78 is 7.80. The van der Waals surface area contributed by atoms with E-state index in [1.54, 1.807) is 0 Å². The molecule has 0 radical (unpaired) electrons. The molecule has 0 atom stereocenters. The molecule has 156 valence electrons. The van der Waals surface area contributed by atoms with E-state index in [4.69, 9.17) is 4.74 Å². The predicted molar refractivity (Wildman–Crippen MR) is 120 cm³/mol. The van der Waals surface area contributed by atoms with Crippen molar-refractivity contribution in [3.63, 3.8) is 0 Å². The van der Waals surface area contributed by atoms with Gasteiger partial charge in [-0.25, -0.2) is 0 Å². The highest BCUT2D eigenvalue weighted by atomic mass is 16.5. The summed E-state index contributed by atoms with van der Waals surface area (Å²) in [6, 6.07) is 18.8. The molecule has 1 saturated carbocycles. The largest absolute Gasteiger partial charge is 0.381 e. The molecule has 0 bridgehead atoms. The Labute approximate surface area is 178 Å². The van der Waals surface area contributed by atoms with Crippen LogP contribution in [0, 0.1) is 5.92 Å². The number of aromatic nitrogens is 1. The smallest absolute Gasteiger partial charge is 0.254 e. The second kappa shape index (κ2) is 8.27. The molecule has 2 fully saturated rings. The molecule has 3 aromatic rings. The lowest BCUT2D eigenvalue weighted by Crippen LogP contribution is -2.43. The van der Waals surface area contributed by atoms with E-state index in [-0.39, 0.29) is 11.4 Å². The van der Waals surface area contributed by atoms with Crippen molar-refractivity contribution in [3.8, 4) is 0 Å². The molecule has 1 saturated heterocycles. The first-order valence-electron chi connectivity index (χ1n) is 11.3. The quantitative estimate of drug-likeness (QED) is 0.632. The van der Waals surface area contributed by atoms with E-state index in [9.17, 15) is 4.79 Å². The van der Waals surface area contributed by atoms with E-state index >= 15 is 0 Å². The Bertz CT molecular complexity index is 1010. The van der Waals surface area contributed by atoms with Gasteiger partial charge >= 0.3 is 0 Å². The minimum Gasteiger partial charge on any atom is -0.381 e. The van der Waals surface area contributed by atoms with E-state index in [2.05, 4.69) is 58.5 Å². The highest BCUT2D eigenvalue weighted by Crippen LogP contribution is 2.39. The highest BCUT2D eigenvalue weighted by molar-refractivity contribution is 6.07. The first-order valence-corrected chi connectivity index (χ1v) is 11.3. The number of hydrogen-bond acceptors (Lipinski definition) is 2. The number of carbonyl (C=O) groups is 1. The maximum absolute atomic E-state index is 13.6. The van der Waals surface area contributed by atoms with Gasteiger partial charge in [-0.3, -0.25) is 4.79 Å². The topological polar surface area (TPSA) is 43.3 Å². The van der Waals surface area contributed by atoms with Crippen LogP contribution in [0.15, 0.2) is 60.8 Å². The molecular weight excluding hydrogens is 372 g/mol. The van der Waals surface area contributed by atoms with Gasteiger partial charge in [0, 0.05) is 36.9 Å². The average molecular weight is 403 g/mol. The summed E-state index contributed by atoms with van der Waals surface area (Å²) >= 11 is 0. The van der Waals surface area contributed by atoms with Crippen LogP contribution < -0.4 is 5.32 Å². The van der Waals surface area contributed by atoms with Crippen molar-refractivity contribution in [1.82, 2.24) is 9.88 Å². The van der Waals surface area contributed by atoms with Gasteiger partial charge in [0.15, 0.2) is 0 Å². The Kier molecular flexibility index (Phi) is 5.34. The molecule has 1 aliphatic heterocycles. The lowest BCUT2D eigenvalue weighted by atomic mass is 9.88. The number of amides is 1. The summed E-state index contributed by atoms with van der Waals surface area (Å²) in [4.78, 5) is 13.6. The summed E-state index contributed by atoms with van der Waals surface area (Å²) in [7, 11) is 0. The Hall–Kier alpha value is -2.59. The second-order valence-electron chi connectivity index (χ2n) is 8.88. The van der Waals surface area contributed by atoms with Crippen molar-refractivity contribution in [1.29, 1.82) is 0 Å². The zero-order valence-corrected chi connectivity index (χ0v) is 17.5. The zero-order chi connectivity index (χ0) is 20.4. The number of hydrogen-bond donors (Lipinski definition) is 1. The van der Waals surface area contributed by atoms with Crippen LogP contribution in [0.25, 0.3) is 10.9 Å². The van der Waals surface area contributed by atoms with Gasteiger partial charge in [0.05, 0.1) is 11.1 Å². The maximum atomic E-state index is 13.6. The number of benzene rings is 2. The summed E-state index contributed by atoms with van der Waals surface area (Å²) in [6.45, 7) is 2.63. The van der Waals surface area contributed by atoms with Crippen LogP contribution in [0.3, 0.4) is 0 Å². The fourth-order valence-electron chi connectivity index (χ4n) is 5.29. The van der Waals surface area contributed by atoms with E-state index in [1.807, 2.05) is 12.1 Å². The molecular formula is C26H30N2O2. The molecule has 2 aliphatic rings. The van der Waals surface area contributed by atoms with E-state index in [0.717, 1.165) is 74.7 Å². The number of carbonyl (C=O) groups excluding carboxylic acids is 1. The van der Waals surface area contributed by atoms with Gasteiger partial charge in [0.25, 0.3) is 5.91 Å². The molecule has 1 N–H and O–H groups in total. The van der Waals surface area contributed by atoms with Crippen LogP contribution in [0.1, 0.15) is 54.4 Å². The van der Waals surface area contributed by atoms with Crippen molar-refractivity contribution < 1.29 is 9.53 Å². The molecule has 2 aromatic carbocycles. The van der Waals surface area contributed by atoms with Crippen LogP contribution in [-0.4, -0.2) is 23.7 Å². The number of rotatable bonds is 5. The van der Waals surface area contributed by atoms with Gasteiger partial charge in [-0.05, 0) is 43.2 Å². The fraction of sp³-hybridized carbons (Fsp3) is 0.423. The fourth-order valence-corrected chi connectivity index (χ4v) is 5.29. The first-order chi connectivity index (χ1) is 14.8. The first kappa shape index (κ1) is 19.4. The molecule has 2 heterocycles. The summed E-state index contributed by atoms with van der Waals surface area (Å²) in [5.41, 5.74) is 2.92. The third-order valence-corrected chi connectivity index (χ3v) is 6.97. The monoisotopic (exact) mass is 402 g/mol. The van der Waals surface area contributed by atoms with Crippen LogP contribution in [0.4, 0.5) is 0 Å². The number of nitrogens with zero attached hydrogens (tertiary/aromatic N) is 1. The Morgan fingerprint density at radius 2 is 1.70 bits per heavy atom. The van der Waals surface area contributed by atoms with Gasteiger partial charge in [0.1, 0.15) is 0 Å². The normalized spacial score (nSPS) is 19.2. The maximum Gasteiger partial charge on any atom is 0.254 e. The number of nitrogens with one attached hydrogen (secondary N) is 1. The summed E-state index contributed by atoms with van der Waals surface area (Å²) in [5, 5.41) is 4.51. The zero-order valence-electron chi connectivity index (χ0n) is 17.5. The van der Waals surface area contributed by atoms with Gasteiger partial charge in [-0.15, -0.1) is 0 Å². The molecule has 0 spiro atoms. The second-order valence-corrected chi connectivity index (χ2v) is 8.88. The summed E-state index contributed by atoms with van der Waals surface area (Å²) in [5.74, 6) is 0.652. The highest BCUT2D eigenvalue weighted by Gasteiger charge is 2.37. The van der Waals surface area contributed by atoms with Crippen LogP contribution in [0.2, 0.25) is 0 Å². The lowest BCUT2D eigenvalue weighted by molar-refractivity contribution is 0.0616. The number of para-hydroxylation sites is 1. The van der Waals surface area contributed by atoms with Crippen LogP contribution >= 0.6 is 0 Å². The number of ether oxygens (including phenoxy) is 1. The molecule has 0 unspecified atom stereocenters. The Balaban J connectivity index is 1.46. The van der Waals surface area contributed by atoms with E-state index in [0.29, 0.717) is 5.92 Å². The Morgan fingerprint density at radius 1 is 1.00 bits per heavy atom. The van der Waals surface area contributed by atoms with Gasteiger partial charge in [-0.2, -0.15) is 0 Å². The molecule has 1 aromatic heterocycles. The third kappa shape index (κ3) is 3.65. The minimum atomic E-state index is -0.248. The van der Waals surface area contributed by atoms with Crippen molar-refractivity contribution in [3.05, 3.63) is 71.9 Å². The lowest BCUT2D eigenvalue weighted by Gasteiger charge is -2.31. The predicted octanol–water partition coefficient (Wildman–Crippen LogP) is 5.27. The SMILES string of the molecule is O=C(NC1(c2ccccc2)CCCC1)c1cn(CC2CCOCC2)c2ccccc12. The van der Waals surface area contributed by atoms with Crippen molar-refractivity contribution in [2.24, 2.45) is 5.92 Å². The average Bonchev–Trinajstić information content (AvgIpc) is 3.41. The van der Waals surface area contributed by atoms with Crippen molar-refractivity contribution >= 4 is 16.8 Å². The van der Waals surface area contributed by atoms with Gasteiger partial charge in [0.2, 0.25) is 0 Å². The molecule has 4 heteroatoms. The molecule has 30 heavy (non-hydrogen) atoms. The molecule has 1 amide bonds. The van der Waals surface area contributed by atoms with E-state index in [1.165, 1.54) is 5.56 Å². The molecule has 4 nitrogen and oxygen atoms in total. The van der Waals surface area contributed by atoms with E-state index < -0.39 is 0 Å². The standard InChI is InChI=1S/C26H30N2O2/c29-25(27-26(14-6-7-15-26)21-8-2-1-3-9-21)23-19-28(18-20-12-16-30-17-13-20)24-11-5-4-10-22(23)24/h1-5,8-11,19-20H,6-7,12-18H2,(H,27,29). The van der Waals surface area contributed by atoms with Crippen molar-refractivity contribution in [2.75, 3.05) is 13.2 Å². The van der Waals surface area contributed by atoms with Crippen LogP contribution in [0.5, 0.6) is 0 Å². The third-order valence-electron chi connectivity index (χ3n) is 6.97. The molecule has 1 aliphatic carbocycles. The van der Waals surface area contributed by atoms with Crippen LogP contribution in [-0.2, 0) is 16.8 Å². The Morgan fingerprint density at radius 3 is 2.47 bits per heavy atom. The van der Waals surface area contributed by atoms with Gasteiger partial charge < -0.3 is 14.6 Å². The van der Waals surface area contributed by atoms with Gasteiger partial charge in [-0.1, -0.05) is 61.4 Å². The molecule has 5 rings (SSSR count).